The van der Waals surface area contributed by atoms with Crippen LogP contribution in [0.4, 0.5) is 5.82 Å². The standard InChI is InChI=1S/C20H19ClN8O/c1-2-17(29-26-19(24-27-29)14-6-8-15(21)9-7-14)20(30)23-18-10-12-28(25-18)13-16-5-3-4-11-22-16/h3-12,17H,2,13H2,1H3,(H,23,25,30). The van der Waals surface area contributed by atoms with E-state index in [1.165, 1.54) is 4.80 Å². The molecule has 0 aliphatic carbocycles. The van der Waals surface area contributed by atoms with Crippen molar-refractivity contribution in [1.82, 2.24) is 35.0 Å². The van der Waals surface area contributed by atoms with Crippen molar-refractivity contribution >= 4 is 23.3 Å². The van der Waals surface area contributed by atoms with Gasteiger partial charge < -0.3 is 5.32 Å². The minimum atomic E-state index is -0.612. The van der Waals surface area contributed by atoms with Crippen molar-refractivity contribution in [3.05, 3.63) is 71.6 Å². The number of tetrazole rings is 1. The van der Waals surface area contributed by atoms with E-state index >= 15 is 0 Å². The summed E-state index contributed by atoms with van der Waals surface area (Å²) in [4.78, 5) is 18.4. The Balaban J connectivity index is 1.44. The van der Waals surface area contributed by atoms with Gasteiger partial charge in [-0.05, 0) is 48.0 Å². The van der Waals surface area contributed by atoms with Gasteiger partial charge in [0.15, 0.2) is 11.9 Å². The summed E-state index contributed by atoms with van der Waals surface area (Å²) in [6.45, 7) is 2.40. The molecule has 9 nitrogen and oxygen atoms in total. The van der Waals surface area contributed by atoms with E-state index in [2.05, 4.69) is 30.8 Å². The molecular formula is C20H19ClN8O. The molecule has 0 aliphatic rings. The van der Waals surface area contributed by atoms with Crippen molar-refractivity contribution in [3.8, 4) is 11.4 Å². The van der Waals surface area contributed by atoms with Crippen molar-refractivity contribution in [1.29, 1.82) is 0 Å². The highest BCUT2D eigenvalue weighted by Gasteiger charge is 2.23. The van der Waals surface area contributed by atoms with Crippen LogP contribution in [0.1, 0.15) is 25.1 Å². The molecule has 3 aromatic heterocycles. The number of carbonyl (C=O) groups is 1. The van der Waals surface area contributed by atoms with Gasteiger partial charge in [0.05, 0.1) is 12.2 Å². The van der Waals surface area contributed by atoms with Crippen LogP contribution in [0.3, 0.4) is 0 Å². The van der Waals surface area contributed by atoms with Crippen molar-refractivity contribution in [2.45, 2.75) is 25.9 Å². The lowest BCUT2D eigenvalue weighted by Crippen LogP contribution is -2.27. The van der Waals surface area contributed by atoms with Crippen LogP contribution < -0.4 is 5.32 Å². The molecule has 1 aromatic carbocycles. The second-order valence-corrected chi connectivity index (χ2v) is 7.01. The highest BCUT2D eigenvalue weighted by Crippen LogP contribution is 2.19. The molecule has 0 radical (unpaired) electrons. The lowest BCUT2D eigenvalue weighted by Gasteiger charge is -2.12. The fourth-order valence-electron chi connectivity index (χ4n) is 2.91. The first-order chi connectivity index (χ1) is 14.6. The average molecular weight is 423 g/mol. The minimum Gasteiger partial charge on any atom is -0.307 e. The Labute approximate surface area is 177 Å². The SMILES string of the molecule is CCC(C(=O)Nc1ccn(Cc2ccccn2)n1)n1nnc(-c2ccc(Cl)cc2)n1. The van der Waals surface area contributed by atoms with E-state index in [0.717, 1.165) is 11.3 Å². The summed E-state index contributed by atoms with van der Waals surface area (Å²) in [5, 5.41) is 20.3. The number of nitrogens with zero attached hydrogens (tertiary/aromatic N) is 7. The van der Waals surface area contributed by atoms with Gasteiger partial charge in [0.2, 0.25) is 5.82 Å². The average Bonchev–Trinajstić information content (AvgIpc) is 3.40. The molecule has 1 unspecified atom stereocenters. The molecule has 1 atom stereocenters. The summed E-state index contributed by atoms with van der Waals surface area (Å²) < 4.78 is 1.71. The third kappa shape index (κ3) is 4.52. The maximum absolute atomic E-state index is 12.8. The first-order valence-electron chi connectivity index (χ1n) is 9.42. The minimum absolute atomic E-state index is 0.263. The summed E-state index contributed by atoms with van der Waals surface area (Å²) in [6.07, 6.45) is 4.02. The smallest absolute Gasteiger partial charge is 0.252 e. The highest BCUT2D eigenvalue weighted by atomic mass is 35.5. The molecule has 0 saturated heterocycles. The number of aromatic nitrogens is 7. The molecule has 0 bridgehead atoms. The van der Waals surface area contributed by atoms with Crippen LogP contribution >= 0.6 is 11.6 Å². The first-order valence-corrected chi connectivity index (χ1v) is 9.80. The molecule has 1 amide bonds. The van der Waals surface area contributed by atoms with E-state index < -0.39 is 6.04 Å². The van der Waals surface area contributed by atoms with Crippen LogP contribution in [0.15, 0.2) is 60.9 Å². The Hall–Kier alpha value is -3.59. The van der Waals surface area contributed by atoms with Gasteiger partial charge in [0.25, 0.3) is 5.91 Å². The van der Waals surface area contributed by atoms with Gasteiger partial charge >= 0.3 is 0 Å². The third-order valence-electron chi connectivity index (χ3n) is 4.44. The molecule has 3 heterocycles. The Morgan fingerprint density at radius 2 is 1.97 bits per heavy atom. The van der Waals surface area contributed by atoms with Gasteiger partial charge in [-0.3, -0.25) is 14.5 Å². The Bertz CT molecular complexity index is 1120. The van der Waals surface area contributed by atoms with Crippen molar-refractivity contribution in [3.63, 3.8) is 0 Å². The Morgan fingerprint density at radius 1 is 1.13 bits per heavy atom. The Kier molecular flexibility index (Phi) is 5.80. The Morgan fingerprint density at radius 3 is 2.70 bits per heavy atom. The molecule has 0 aliphatic heterocycles. The zero-order valence-corrected chi connectivity index (χ0v) is 16.9. The van der Waals surface area contributed by atoms with Crippen LogP contribution in [-0.4, -0.2) is 40.9 Å². The topological polar surface area (TPSA) is 103 Å². The fourth-order valence-corrected chi connectivity index (χ4v) is 3.03. The molecular weight excluding hydrogens is 404 g/mol. The van der Waals surface area contributed by atoms with E-state index in [0.29, 0.717) is 29.6 Å². The van der Waals surface area contributed by atoms with Gasteiger partial charge in [-0.2, -0.15) is 9.90 Å². The van der Waals surface area contributed by atoms with E-state index in [1.807, 2.05) is 25.1 Å². The van der Waals surface area contributed by atoms with Crippen molar-refractivity contribution in [2.24, 2.45) is 0 Å². The summed E-state index contributed by atoms with van der Waals surface area (Å²) in [6, 6.07) is 13.9. The van der Waals surface area contributed by atoms with Gasteiger partial charge in [0.1, 0.15) is 0 Å². The number of hydrogen-bond donors (Lipinski definition) is 1. The summed E-state index contributed by atoms with van der Waals surface area (Å²) in [5.41, 5.74) is 1.65. The van der Waals surface area contributed by atoms with E-state index in [9.17, 15) is 4.79 Å². The summed E-state index contributed by atoms with van der Waals surface area (Å²) in [7, 11) is 0. The first kappa shape index (κ1) is 19.7. The zero-order chi connectivity index (χ0) is 20.9. The van der Waals surface area contributed by atoms with Gasteiger partial charge in [-0.1, -0.05) is 24.6 Å². The number of amides is 1. The molecule has 4 rings (SSSR count). The molecule has 0 saturated carbocycles. The van der Waals surface area contributed by atoms with Crippen LogP contribution in [0.5, 0.6) is 0 Å². The van der Waals surface area contributed by atoms with E-state index in [1.54, 1.807) is 47.4 Å². The van der Waals surface area contributed by atoms with Crippen molar-refractivity contribution in [2.75, 3.05) is 5.32 Å². The molecule has 4 aromatic rings. The highest BCUT2D eigenvalue weighted by molar-refractivity contribution is 6.30. The number of hydrogen-bond acceptors (Lipinski definition) is 6. The number of carbonyl (C=O) groups excluding carboxylic acids is 1. The zero-order valence-electron chi connectivity index (χ0n) is 16.2. The van der Waals surface area contributed by atoms with Crippen LogP contribution in [0, 0.1) is 0 Å². The van der Waals surface area contributed by atoms with Gasteiger partial charge in [-0.15, -0.1) is 10.2 Å². The number of benzene rings is 1. The van der Waals surface area contributed by atoms with E-state index in [4.69, 9.17) is 11.6 Å². The van der Waals surface area contributed by atoms with E-state index in [-0.39, 0.29) is 5.91 Å². The lowest BCUT2D eigenvalue weighted by molar-refractivity contribution is -0.120. The molecule has 1 N–H and O–H groups in total. The monoisotopic (exact) mass is 422 g/mol. The second-order valence-electron chi connectivity index (χ2n) is 6.57. The van der Waals surface area contributed by atoms with Crippen LogP contribution in [-0.2, 0) is 11.3 Å². The van der Waals surface area contributed by atoms with Gasteiger partial charge in [-0.25, -0.2) is 0 Å². The summed E-state index contributed by atoms with van der Waals surface area (Å²) in [5.74, 6) is 0.616. The lowest BCUT2D eigenvalue weighted by atomic mass is 10.2. The quantitative estimate of drug-likeness (QED) is 0.490. The molecule has 30 heavy (non-hydrogen) atoms. The van der Waals surface area contributed by atoms with Gasteiger partial charge in [0, 0.05) is 29.0 Å². The normalized spacial score (nSPS) is 11.9. The summed E-state index contributed by atoms with van der Waals surface area (Å²) >= 11 is 5.92. The largest absolute Gasteiger partial charge is 0.307 e. The molecule has 10 heteroatoms. The molecule has 0 fully saturated rings. The number of anilines is 1. The number of nitrogens with one attached hydrogen (secondary N) is 1. The van der Waals surface area contributed by atoms with Crippen molar-refractivity contribution < 1.29 is 4.79 Å². The predicted octanol–water partition coefficient (Wildman–Crippen LogP) is 3.22. The van der Waals surface area contributed by atoms with Crippen LogP contribution in [0.2, 0.25) is 5.02 Å². The maximum Gasteiger partial charge on any atom is 0.252 e. The fraction of sp³-hybridized carbons (Fsp3) is 0.200. The number of halogens is 1. The van der Waals surface area contributed by atoms with Crippen LogP contribution in [0.25, 0.3) is 11.4 Å². The molecule has 0 spiro atoms. The number of pyridine rings is 1. The third-order valence-corrected chi connectivity index (χ3v) is 4.69. The second kappa shape index (κ2) is 8.83. The predicted molar refractivity (Wildman–Crippen MR) is 112 cm³/mol. The molecule has 152 valence electrons. The number of rotatable bonds is 7. The maximum atomic E-state index is 12.8.